The van der Waals surface area contributed by atoms with Crippen LogP contribution in [0.25, 0.3) is 0 Å². The molecule has 0 N–H and O–H groups in total. The lowest BCUT2D eigenvalue weighted by molar-refractivity contribution is 0.101. The molecule has 0 aliphatic carbocycles. The van der Waals surface area contributed by atoms with Gasteiger partial charge in [0.15, 0.2) is 5.78 Å². The Morgan fingerprint density at radius 2 is 2.06 bits per heavy atom. The van der Waals surface area contributed by atoms with Crippen LogP contribution in [0.5, 0.6) is 0 Å². The van der Waals surface area contributed by atoms with E-state index in [1.807, 2.05) is 12.1 Å². The fourth-order valence-electron chi connectivity index (χ4n) is 2.65. The lowest BCUT2D eigenvalue weighted by Gasteiger charge is -2.34. The summed E-state index contributed by atoms with van der Waals surface area (Å²) in [6.07, 6.45) is 3.75. The molecule has 2 nitrogen and oxygen atoms in total. The van der Waals surface area contributed by atoms with Gasteiger partial charge in [-0.2, -0.15) is 0 Å². The van der Waals surface area contributed by atoms with Crippen LogP contribution in [0.3, 0.4) is 0 Å². The van der Waals surface area contributed by atoms with Gasteiger partial charge in [0.2, 0.25) is 0 Å². The van der Waals surface area contributed by atoms with Gasteiger partial charge in [-0.1, -0.05) is 29.3 Å². The third-order valence-electron chi connectivity index (χ3n) is 3.87. The van der Waals surface area contributed by atoms with Gasteiger partial charge < -0.3 is 4.90 Å². The third-order valence-corrected chi connectivity index (χ3v) is 4.36. The number of carbonyl (C=O) groups excluding carboxylic acids is 1. The summed E-state index contributed by atoms with van der Waals surface area (Å²) in [5, 5.41) is 0. The van der Waals surface area contributed by atoms with E-state index < -0.39 is 0 Å². The SMILES string of the molecule is CCC1CCN(c2ccc(Br)cc2C(C)=O)CC1. The summed E-state index contributed by atoms with van der Waals surface area (Å²) in [5.74, 6) is 1.00. The first kappa shape index (κ1) is 13.6. The number of nitrogens with zero attached hydrogens (tertiary/aromatic N) is 1. The second kappa shape index (κ2) is 5.87. The van der Waals surface area contributed by atoms with Crippen LogP contribution in [0, 0.1) is 5.92 Å². The van der Waals surface area contributed by atoms with Crippen LogP contribution in [-0.2, 0) is 0 Å². The molecule has 0 amide bonds. The molecule has 1 fully saturated rings. The molecule has 1 aromatic rings. The highest BCUT2D eigenvalue weighted by Gasteiger charge is 2.21. The highest BCUT2D eigenvalue weighted by atomic mass is 79.9. The molecule has 0 atom stereocenters. The van der Waals surface area contributed by atoms with Crippen molar-refractivity contribution in [3.05, 3.63) is 28.2 Å². The predicted molar refractivity (Wildman–Crippen MR) is 79.4 cm³/mol. The van der Waals surface area contributed by atoms with Gasteiger partial charge >= 0.3 is 0 Å². The van der Waals surface area contributed by atoms with E-state index in [2.05, 4.69) is 33.8 Å². The summed E-state index contributed by atoms with van der Waals surface area (Å²) in [6.45, 7) is 6.05. The maximum Gasteiger partial charge on any atom is 0.161 e. The fourth-order valence-corrected chi connectivity index (χ4v) is 3.01. The maximum absolute atomic E-state index is 11.7. The minimum atomic E-state index is 0.143. The number of hydrogen-bond acceptors (Lipinski definition) is 2. The normalized spacial score (nSPS) is 16.9. The van der Waals surface area contributed by atoms with Gasteiger partial charge in [0.25, 0.3) is 0 Å². The monoisotopic (exact) mass is 309 g/mol. The number of piperidine rings is 1. The number of Topliss-reactive ketones (excluding diaryl/α,β-unsaturated/α-hetero) is 1. The molecular weight excluding hydrogens is 290 g/mol. The van der Waals surface area contributed by atoms with E-state index in [-0.39, 0.29) is 5.78 Å². The van der Waals surface area contributed by atoms with Crippen LogP contribution in [0.2, 0.25) is 0 Å². The number of ketones is 1. The molecule has 1 aliphatic rings. The first-order chi connectivity index (χ1) is 8.61. The standard InChI is InChI=1S/C15H20BrNO/c1-3-12-6-8-17(9-7-12)15-5-4-13(16)10-14(15)11(2)18/h4-5,10,12H,3,6-9H2,1-2H3. The summed E-state index contributed by atoms with van der Waals surface area (Å²) >= 11 is 3.44. The van der Waals surface area contributed by atoms with Crippen molar-refractivity contribution in [1.29, 1.82) is 0 Å². The largest absolute Gasteiger partial charge is 0.371 e. The van der Waals surface area contributed by atoms with Crippen LogP contribution >= 0.6 is 15.9 Å². The zero-order chi connectivity index (χ0) is 13.1. The van der Waals surface area contributed by atoms with E-state index in [0.717, 1.165) is 34.7 Å². The van der Waals surface area contributed by atoms with E-state index in [0.29, 0.717) is 0 Å². The molecule has 18 heavy (non-hydrogen) atoms. The summed E-state index contributed by atoms with van der Waals surface area (Å²) in [7, 11) is 0. The molecule has 3 heteroatoms. The van der Waals surface area contributed by atoms with Crippen molar-refractivity contribution < 1.29 is 4.79 Å². The van der Waals surface area contributed by atoms with Crippen molar-refractivity contribution in [2.24, 2.45) is 5.92 Å². The average Bonchev–Trinajstić information content (AvgIpc) is 2.39. The van der Waals surface area contributed by atoms with Gasteiger partial charge in [0.1, 0.15) is 0 Å². The quantitative estimate of drug-likeness (QED) is 0.777. The average molecular weight is 310 g/mol. The minimum absolute atomic E-state index is 0.143. The Balaban J connectivity index is 2.21. The van der Waals surface area contributed by atoms with E-state index in [1.165, 1.54) is 19.3 Å². The Hall–Kier alpha value is -0.830. The minimum Gasteiger partial charge on any atom is -0.371 e. The molecule has 1 aromatic carbocycles. The predicted octanol–water partition coefficient (Wildman–Crippen LogP) is 4.28. The van der Waals surface area contributed by atoms with Crippen LogP contribution in [0.15, 0.2) is 22.7 Å². The summed E-state index contributed by atoms with van der Waals surface area (Å²) in [4.78, 5) is 14.1. The van der Waals surface area contributed by atoms with Gasteiger partial charge in [0, 0.05) is 28.8 Å². The van der Waals surface area contributed by atoms with Crippen LogP contribution < -0.4 is 4.90 Å². The second-order valence-corrected chi connectivity index (χ2v) is 5.97. The number of halogens is 1. The van der Waals surface area contributed by atoms with Crippen molar-refractivity contribution in [2.75, 3.05) is 18.0 Å². The van der Waals surface area contributed by atoms with E-state index in [9.17, 15) is 4.79 Å². The Kier molecular flexibility index (Phi) is 4.44. The number of rotatable bonds is 3. The number of carbonyl (C=O) groups is 1. The van der Waals surface area contributed by atoms with Gasteiger partial charge in [-0.25, -0.2) is 0 Å². The van der Waals surface area contributed by atoms with Crippen molar-refractivity contribution in [2.45, 2.75) is 33.1 Å². The molecule has 0 bridgehead atoms. The number of benzene rings is 1. The Morgan fingerprint density at radius 3 is 2.61 bits per heavy atom. The third kappa shape index (κ3) is 2.94. The molecule has 0 spiro atoms. The van der Waals surface area contributed by atoms with E-state index in [4.69, 9.17) is 0 Å². The fraction of sp³-hybridized carbons (Fsp3) is 0.533. The Labute approximate surface area is 117 Å². The van der Waals surface area contributed by atoms with Crippen LogP contribution in [-0.4, -0.2) is 18.9 Å². The summed E-state index contributed by atoms with van der Waals surface area (Å²) in [5.41, 5.74) is 1.93. The molecule has 0 unspecified atom stereocenters. The van der Waals surface area contributed by atoms with E-state index in [1.54, 1.807) is 6.92 Å². The zero-order valence-electron chi connectivity index (χ0n) is 11.1. The van der Waals surface area contributed by atoms with Gasteiger partial charge in [-0.3, -0.25) is 4.79 Å². The summed E-state index contributed by atoms with van der Waals surface area (Å²) in [6, 6.07) is 6.02. The molecular formula is C15H20BrNO. The van der Waals surface area contributed by atoms with Crippen LogP contribution in [0.4, 0.5) is 5.69 Å². The Bertz CT molecular complexity index is 436. The molecule has 1 heterocycles. The molecule has 0 radical (unpaired) electrons. The van der Waals surface area contributed by atoms with Crippen molar-refractivity contribution in [3.8, 4) is 0 Å². The smallest absolute Gasteiger partial charge is 0.161 e. The molecule has 2 rings (SSSR count). The van der Waals surface area contributed by atoms with Gasteiger partial charge in [-0.05, 0) is 43.9 Å². The van der Waals surface area contributed by atoms with Crippen molar-refractivity contribution in [3.63, 3.8) is 0 Å². The van der Waals surface area contributed by atoms with Gasteiger partial charge in [0.05, 0.1) is 0 Å². The van der Waals surface area contributed by atoms with E-state index >= 15 is 0 Å². The topological polar surface area (TPSA) is 20.3 Å². The second-order valence-electron chi connectivity index (χ2n) is 5.06. The zero-order valence-corrected chi connectivity index (χ0v) is 12.7. The molecule has 98 valence electrons. The molecule has 0 aromatic heterocycles. The highest BCUT2D eigenvalue weighted by molar-refractivity contribution is 9.10. The van der Waals surface area contributed by atoms with Gasteiger partial charge in [-0.15, -0.1) is 0 Å². The van der Waals surface area contributed by atoms with Crippen molar-refractivity contribution >= 4 is 27.4 Å². The summed E-state index contributed by atoms with van der Waals surface area (Å²) < 4.78 is 0.972. The first-order valence-corrected chi connectivity index (χ1v) is 7.46. The lowest BCUT2D eigenvalue weighted by Crippen LogP contribution is -2.34. The Morgan fingerprint density at radius 1 is 1.39 bits per heavy atom. The maximum atomic E-state index is 11.7. The highest BCUT2D eigenvalue weighted by Crippen LogP contribution is 2.29. The molecule has 1 aliphatic heterocycles. The van der Waals surface area contributed by atoms with Crippen molar-refractivity contribution in [1.82, 2.24) is 0 Å². The first-order valence-electron chi connectivity index (χ1n) is 6.67. The number of anilines is 1. The van der Waals surface area contributed by atoms with Crippen LogP contribution in [0.1, 0.15) is 43.5 Å². The molecule has 0 saturated carbocycles. The lowest BCUT2D eigenvalue weighted by atomic mass is 9.93. The molecule has 1 saturated heterocycles. The number of hydrogen-bond donors (Lipinski definition) is 0.